The zero-order valence-electron chi connectivity index (χ0n) is 7.73. The smallest absolute Gasteiger partial charge is 0.286 e. The third-order valence-electron chi connectivity index (χ3n) is 2.03. The summed E-state index contributed by atoms with van der Waals surface area (Å²) in [6.45, 7) is 1.60. The molecule has 0 bridgehead atoms. The molecule has 1 aliphatic heterocycles. The van der Waals surface area contributed by atoms with Crippen LogP contribution in [0.2, 0.25) is 0 Å². The van der Waals surface area contributed by atoms with Gasteiger partial charge in [0.15, 0.2) is 0 Å². The molecule has 0 fully saturated rings. The molecule has 1 aromatic rings. The molecule has 1 aliphatic rings. The fraction of sp³-hybridized carbons (Fsp3) is 0.375. The van der Waals surface area contributed by atoms with Gasteiger partial charge in [0.1, 0.15) is 0 Å². The quantitative estimate of drug-likeness (QED) is 0.711. The van der Waals surface area contributed by atoms with Gasteiger partial charge in [-0.2, -0.15) is 0 Å². The average Bonchev–Trinajstić information content (AvgIpc) is 2.42. The highest BCUT2D eigenvalue weighted by Gasteiger charge is 2.18. The Bertz CT molecular complexity index is 368. The first-order valence-electron chi connectivity index (χ1n) is 4.00. The molecule has 0 unspecified atom stereocenters. The van der Waals surface area contributed by atoms with Crippen LogP contribution in [-0.4, -0.2) is 27.8 Å². The predicted octanol–water partition coefficient (Wildman–Crippen LogP) is -0.0573. The van der Waals surface area contributed by atoms with Gasteiger partial charge in [-0.15, -0.1) is 12.4 Å². The number of nitrogens with two attached hydrogens (primary N) is 1. The highest BCUT2D eigenvalue weighted by atomic mass is 35.5. The number of amides is 1. The van der Waals surface area contributed by atoms with Crippen LogP contribution in [0.25, 0.3) is 0 Å². The molecule has 6 heteroatoms. The van der Waals surface area contributed by atoms with Crippen LogP contribution in [0, 0.1) is 0 Å². The molecular formula is C8H11ClN4O. The van der Waals surface area contributed by atoms with E-state index in [-0.39, 0.29) is 18.2 Å². The van der Waals surface area contributed by atoms with Crippen LogP contribution in [-0.2, 0) is 13.1 Å². The van der Waals surface area contributed by atoms with Gasteiger partial charge < -0.3 is 5.73 Å². The number of halogens is 1. The summed E-state index contributed by atoms with van der Waals surface area (Å²) in [5.74, 6) is -0.466. The maximum atomic E-state index is 10.8. The van der Waals surface area contributed by atoms with E-state index in [2.05, 4.69) is 14.9 Å². The van der Waals surface area contributed by atoms with Crippen LogP contribution in [0.3, 0.4) is 0 Å². The third-order valence-corrected chi connectivity index (χ3v) is 2.03. The van der Waals surface area contributed by atoms with Crippen molar-refractivity contribution in [1.82, 2.24) is 14.9 Å². The Morgan fingerprint density at radius 3 is 2.93 bits per heavy atom. The lowest BCUT2D eigenvalue weighted by molar-refractivity contribution is 0.0990. The Labute approximate surface area is 87.7 Å². The number of rotatable bonds is 1. The van der Waals surface area contributed by atoms with Crippen molar-refractivity contribution < 1.29 is 4.79 Å². The van der Waals surface area contributed by atoms with Crippen molar-refractivity contribution in [3.63, 3.8) is 0 Å². The van der Waals surface area contributed by atoms with Gasteiger partial charge in [-0.25, -0.2) is 9.97 Å². The number of primary amides is 1. The van der Waals surface area contributed by atoms with E-state index < -0.39 is 5.91 Å². The van der Waals surface area contributed by atoms with E-state index in [1.807, 2.05) is 7.05 Å². The lowest BCUT2D eigenvalue weighted by atomic mass is 10.3. The van der Waals surface area contributed by atoms with Crippen LogP contribution in [0.5, 0.6) is 0 Å². The van der Waals surface area contributed by atoms with Crippen LogP contribution >= 0.6 is 12.4 Å². The number of aromatic nitrogens is 2. The highest BCUT2D eigenvalue weighted by Crippen LogP contribution is 2.17. The van der Waals surface area contributed by atoms with Crippen molar-refractivity contribution in [2.45, 2.75) is 13.1 Å². The molecule has 0 saturated heterocycles. The van der Waals surface area contributed by atoms with Gasteiger partial charge in [0.2, 0.25) is 5.82 Å². The second-order valence-corrected chi connectivity index (χ2v) is 3.20. The molecule has 0 aromatic carbocycles. The second-order valence-electron chi connectivity index (χ2n) is 3.20. The van der Waals surface area contributed by atoms with E-state index in [0.717, 1.165) is 24.3 Å². The second kappa shape index (κ2) is 3.89. The van der Waals surface area contributed by atoms with Crippen molar-refractivity contribution in [1.29, 1.82) is 0 Å². The molecule has 14 heavy (non-hydrogen) atoms. The van der Waals surface area contributed by atoms with E-state index in [1.165, 1.54) is 0 Å². The van der Waals surface area contributed by atoms with E-state index >= 15 is 0 Å². The Kier molecular flexibility index (Phi) is 3.03. The summed E-state index contributed by atoms with van der Waals surface area (Å²) in [4.78, 5) is 20.8. The number of carbonyl (C=O) groups excluding carboxylic acids is 1. The zero-order valence-corrected chi connectivity index (χ0v) is 8.54. The number of hydrogen-bond acceptors (Lipinski definition) is 4. The Balaban J connectivity index is 0.000000980. The maximum Gasteiger partial charge on any atom is 0.286 e. The normalized spacial score (nSPS) is 14.6. The van der Waals surface area contributed by atoms with Crippen molar-refractivity contribution in [3.8, 4) is 0 Å². The summed E-state index contributed by atoms with van der Waals surface area (Å²) >= 11 is 0. The first-order valence-corrected chi connectivity index (χ1v) is 4.00. The first kappa shape index (κ1) is 10.9. The predicted molar refractivity (Wildman–Crippen MR) is 53.0 cm³/mol. The van der Waals surface area contributed by atoms with Crippen molar-refractivity contribution in [2.75, 3.05) is 7.05 Å². The lowest BCUT2D eigenvalue weighted by Gasteiger charge is -2.01. The van der Waals surface area contributed by atoms with E-state index in [4.69, 9.17) is 5.73 Å². The topological polar surface area (TPSA) is 72.1 Å². The molecule has 2 N–H and O–H groups in total. The van der Waals surface area contributed by atoms with Gasteiger partial charge in [-0.05, 0) is 7.05 Å². The molecule has 2 rings (SSSR count). The summed E-state index contributed by atoms with van der Waals surface area (Å²) in [6, 6.07) is 0. The van der Waals surface area contributed by atoms with Crippen LogP contribution in [0.15, 0.2) is 6.20 Å². The minimum atomic E-state index is -0.572. The molecule has 76 valence electrons. The molecule has 2 heterocycles. The molecule has 0 spiro atoms. The SMILES string of the molecule is CN1Cc2cnc(C(N)=O)nc2C1.Cl. The fourth-order valence-electron chi connectivity index (χ4n) is 1.43. The number of hydrogen-bond donors (Lipinski definition) is 1. The van der Waals surface area contributed by atoms with Gasteiger partial charge >= 0.3 is 0 Å². The molecule has 1 aromatic heterocycles. The summed E-state index contributed by atoms with van der Waals surface area (Å²) in [6.07, 6.45) is 1.67. The molecule has 0 aliphatic carbocycles. The van der Waals surface area contributed by atoms with Crippen LogP contribution < -0.4 is 5.73 Å². The van der Waals surface area contributed by atoms with Gasteiger partial charge in [0, 0.05) is 24.8 Å². The minimum absolute atomic E-state index is 0. The molecular weight excluding hydrogens is 204 g/mol. The van der Waals surface area contributed by atoms with Gasteiger partial charge in [0.25, 0.3) is 5.91 Å². The standard InChI is InChI=1S/C8H10N4O.ClH/c1-12-3-5-2-10-8(7(9)13)11-6(5)4-12;/h2H,3-4H2,1H3,(H2,9,13);1H. The minimum Gasteiger partial charge on any atom is -0.363 e. The average molecular weight is 215 g/mol. The Morgan fingerprint density at radius 1 is 1.57 bits per heavy atom. The van der Waals surface area contributed by atoms with Gasteiger partial charge in [-0.3, -0.25) is 9.69 Å². The maximum absolute atomic E-state index is 10.8. The van der Waals surface area contributed by atoms with Crippen LogP contribution in [0.1, 0.15) is 21.9 Å². The molecule has 0 saturated carbocycles. The highest BCUT2D eigenvalue weighted by molar-refractivity contribution is 5.88. The van der Waals surface area contributed by atoms with E-state index in [1.54, 1.807) is 6.20 Å². The van der Waals surface area contributed by atoms with Crippen molar-refractivity contribution >= 4 is 18.3 Å². The number of fused-ring (bicyclic) bond motifs is 1. The van der Waals surface area contributed by atoms with Crippen molar-refractivity contribution in [3.05, 3.63) is 23.3 Å². The summed E-state index contributed by atoms with van der Waals surface area (Å²) < 4.78 is 0. The van der Waals surface area contributed by atoms with E-state index in [9.17, 15) is 4.79 Å². The monoisotopic (exact) mass is 214 g/mol. The molecule has 0 radical (unpaired) electrons. The van der Waals surface area contributed by atoms with Gasteiger partial charge in [0.05, 0.1) is 5.69 Å². The third kappa shape index (κ3) is 1.83. The first-order chi connectivity index (χ1) is 6.16. The van der Waals surface area contributed by atoms with E-state index in [0.29, 0.717) is 0 Å². The lowest BCUT2D eigenvalue weighted by Crippen LogP contribution is -2.16. The van der Waals surface area contributed by atoms with Crippen molar-refractivity contribution in [2.24, 2.45) is 5.73 Å². The Hall–Kier alpha value is -1.20. The number of nitrogens with zero attached hydrogens (tertiary/aromatic N) is 3. The largest absolute Gasteiger partial charge is 0.363 e. The molecule has 1 amide bonds. The fourth-order valence-corrected chi connectivity index (χ4v) is 1.43. The van der Waals surface area contributed by atoms with Crippen LogP contribution in [0.4, 0.5) is 0 Å². The number of carbonyl (C=O) groups is 1. The molecule has 0 atom stereocenters. The summed E-state index contributed by atoms with van der Waals surface area (Å²) in [7, 11) is 1.99. The zero-order chi connectivity index (χ0) is 9.42. The Morgan fingerprint density at radius 2 is 2.29 bits per heavy atom. The van der Waals surface area contributed by atoms with Gasteiger partial charge in [-0.1, -0.05) is 0 Å². The summed E-state index contributed by atoms with van der Waals surface area (Å²) in [5, 5.41) is 0. The molecule has 5 nitrogen and oxygen atoms in total. The summed E-state index contributed by atoms with van der Waals surface area (Å²) in [5.41, 5.74) is 7.05.